The average Bonchev–Trinajstić information content (AvgIpc) is 2.60. The number of piperidine rings is 1. The summed E-state index contributed by atoms with van der Waals surface area (Å²) in [7, 11) is 0. The minimum atomic E-state index is -0.0266. The van der Waals surface area contributed by atoms with E-state index in [9.17, 15) is 4.79 Å². The molecule has 23 heavy (non-hydrogen) atoms. The van der Waals surface area contributed by atoms with E-state index < -0.39 is 0 Å². The topological polar surface area (TPSA) is 58.1 Å². The Hall–Kier alpha value is -2.43. The van der Waals surface area contributed by atoms with E-state index in [0.29, 0.717) is 12.1 Å². The van der Waals surface area contributed by atoms with Crippen LogP contribution in [0.15, 0.2) is 42.6 Å². The summed E-state index contributed by atoms with van der Waals surface area (Å²) >= 11 is 0. The van der Waals surface area contributed by atoms with Gasteiger partial charge in [-0.2, -0.15) is 0 Å². The second-order valence-electron chi connectivity index (χ2n) is 5.92. The van der Waals surface area contributed by atoms with Crippen molar-refractivity contribution in [3.8, 4) is 0 Å². The lowest BCUT2D eigenvalue weighted by Crippen LogP contribution is -2.47. The maximum atomic E-state index is 12.2. The Morgan fingerprint density at radius 3 is 2.87 bits per heavy atom. The highest BCUT2D eigenvalue weighted by Crippen LogP contribution is 2.21. The number of hydrogen-bond donors (Lipinski definition) is 1. The van der Waals surface area contributed by atoms with E-state index in [-0.39, 0.29) is 11.9 Å². The van der Waals surface area contributed by atoms with Gasteiger partial charge in [-0.25, -0.2) is 9.97 Å². The number of benzene rings is 1. The number of aryl methyl sites for hydroxylation is 1. The van der Waals surface area contributed by atoms with Gasteiger partial charge in [0.25, 0.3) is 5.91 Å². The lowest BCUT2D eigenvalue weighted by atomic mass is 10.0. The zero-order chi connectivity index (χ0) is 16.1. The SMILES string of the molecule is Cc1ccnc(N2CCCCC2CNC(=O)c2ccccc2)n1. The van der Waals surface area contributed by atoms with Crippen molar-refractivity contribution in [3.05, 3.63) is 53.9 Å². The van der Waals surface area contributed by atoms with Crippen LogP contribution in [0.2, 0.25) is 0 Å². The van der Waals surface area contributed by atoms with Crippen LogP contribution in [0.4, 0.5) is 5.95 Å². The Morgan fingerprint density at radius 2 is 2.09 bits per heavy atom. The largest absolute Gasteiger partial charge is 0.350 e. The van der Waals surface area contributed by atoms with Gasteiger partial charge >= 0.3 is 0 Å². The quantitative estimate of drug-likeness (QED) is 0.943. The number of hydrogen-bond acceptors (Lipinski definition) is 4. The number of aromatic nitrogens is 2. The van der Waals surface area contributed by atoms with Crippen molar-refractivity contribution in [3.63, 3.8) is 0 Å². The number of anilines is 1. The number of amides is 1. The lowest BCUT2D eigenvalue weighted by molar-refractivity contribution is 0.0949. The molecule has 1 aliphatic heterocycles. The van der Waals surface area contributed by atoms with Crippen LogP contribution in [0.3, 0.4) is 0 Å². The molecule has 0 radical (unpaired) electrons. The normalized spacial score (nSPS) is 17.8. The molecule has 0 spiro atoms. The second kappa shape index (κ2) is 7.22. The van der Waals surface area contributed by atoms with Crippen molar-refractivity contribution in [1.82, 2.24) is 15.3 Å². The Morgan fingerprint density at radius 1 is 1.26 bits per heavy atom. The van der Waals surface area contributed by atoms with Gasteiger partial charge in [-0.3, -0.25) is 4.79 Å². The summed E-state index contributed by atoms with van der Waals surface area (Å²) in [6.45, 7) is 3.53. The maximum absolute atomic E-state index is 12.2. The summed E-state index contributed by atoms with van der Waals surface area (Å²) in [5.41, 5.74) is 1.66. The molecule has 1 saturated heterocycles. The summed E-state index contributed by atoms with van der Waals surface area (Å²) in [6.07, 6.45) is 5.16. The molecule has 2 heterocycles. The van der Waals surface area contributed by atoms with Gasteiger partial charge in [0.2, 0.25) is 5.95 Å². The molecule has 3 rings (SSSR count). The average molecular weight is 310 g/mol. The first kappa shape index (κ1) is 15.5. The van der Waals surface area contributed by atoms with Gasteiger partial charge in [0.15, 0.2) is 0 Å². The minimum Gasteiger partial charge on any atom is -0.350 e. The Labute approximate surface area is 136 Å². The molecule has 5 nitrogen and oxygen atoms in total. The monoisotopic (exact) mass is 310 g/mol. The third-order valence-electron chi connectivity index (χ3n) is 4.20. The summed E-state index contributed by atoms with van der Waals surface area (Å²) in [4.78, 5) is 23.4. The maximum Gasteiger partial charge on any atom is 0.251 e. The van der Waals surface area contributed by atoms with Crippen LogP contribution < -0.4 is 10.2 Å². The molecule has 0 saturated carbocycles. The van der Waals surface area contributed by atoms with Crippen molar-refractivity contribution in [2.75, 3.05) is 18.0 Å². The molecule has 1 N–H and O–H groups in total. The molecule has 1 unspecified atom stereocenters. The van der Waals surface area contributed by atoms with E-state index in [1.54, 1.807) is 6.20 Å². The minimum absolute atomic E-state index is 0.0266. The van der Waals surface area contributed by atoms with Crippen LogP contribution in [0, 0.1) is 6.92 Å². The summed E-state index contributed by atoms with van der Waals surface area (Å²) < 4.78 is 0. The first-order valence-corrected chi connectivity index (χ1v) is 8.13. The molecule has 1 aromatic carbocycles. The van der Waals surface area contributed by atoms with Crippen molar-refractivity contribution in [2.24, 2.45) is 0 Å². The summed E-state index contributed by atoms with van der Waals surface area (Å²) in [5, 5.41) is 3.05. The molecule has 120 valence electrons. The van der Waals surface area contributed by atoms with Crippen molar-refractivity contribution >= 4 is 11.9 Å². The molecular weight excluding hydrogens is 288 g/mol. The van der Waals surface area contributed by atoms with E-state index in [2.05, 4.69) is 20.2 Å². The molecule has 1 amide bonds. The first-order valence-electron chi connectivity index (χ1n) is 8.13. The van der Waals surface area contributed by atoms with Gasteiger partial charge in [0.05, 0.1) is 0 Å². The number of nitrogens with one attached hydrogen (secondary N) is 1. The number of nitrogens with zero attached hydrogens (tertiary/aromatic N) is 3. The van der Waals surface area contributed by atoms with Crippen LogP contribution >= 0.6 is 0 Å². The van der Waals surface area contributed by atoms with Crippen LogP contribution in [0.25, 0.3) is 0 Å². The number of carbonyl (C=O) groups is 1. The van der Waals surface area contributed by atoms with Gasteiger partial charge in [-0.1, -0.05) is 18.2 Å². The second-order valence-corrected chi connectivity index (χ2v) is 5.92. The number of rotatable bonds is 4. The molecule has 0 aliphatic carbocycles. The highest BCUT2D eigenvalue weighted by atomic mass is 16.1. The smallest absolute Gasteiger partial charge is 0.251 e. The Bertz CT molecular complexity index is 659. The molecule has 0 bridgehead atoms. The molecule has 1 aliphatic rings. The lowest BCUT2D eigenvalue weighted by Gasteiger charge is -2.35. The van der Waals surface area contributed by atoms with Crippen LogP contribution in [0.5, 0.6) is 0 Å². The predicted octanol–water partition coefficient (Wildman–Crippen LogP) is 2.57. The Kier molecular flexibility index (Phi) is 4.86. The van der Waals surface area contributed by atoms with E-state index in [1.165, 1.54) is 6.42 Å². The van der Waals surface area contributed by atoms with Crippen LogP contribution in [-0.2, 0) is 0 Å². The van der Waals surface area contributed by atoms with Crippen molar-refractivity contribution in [1.29, 1.82) is 0 Å². The fourth-order valence-electron chi connectivity index (χ4n) is 2.95. The van der Waals surface area contributed by atoms with Gasteiger partial charge in [-0.05, 0) is 44.4 Å². The fraction of sp³-hybridized carbons (Fsp3) is 0.389. The third kappa shape index (κ3) is 3.86. The van der Waals surface area contributed by atoms with Gasteiger partial charge < -0.3 is 10.2 Å². The zero-order valence-electron chi connectivity index (χ0n) is 13.4. The zero-order valence-corrected chi connectivity index (χ0v) is 13.4. The summed E-state index contributed by atoms with van der Waals surface area (Å²) in [5.74, 6) is 0.741. The molecule has 2 aromatic rings. The van der Waals surface area contributed by atoms with E-state index in [1.807, 2.05) is 43.3 Å². The molecule has 1 atom stereocenters. The Balaban J connectivity index is 1.66. The fourth-order valence-corrected chi connectivity index (χ4v) is 2.95. The molecular formula is C18H22N4O. The van der Waals surface area contributed by atoms with Crippen LogP contribution in [-0.4, -0.2) is 35.0 Å². The van der Waals surface area contributed by atoms with Crippen molar-refractivity contribution < 1.29 is 4.79 Å². The highest BCUT2D eigenvalue weighted by Gasteiger charge is 2.25. The third-order valence-corrected chi connectivity index (χ3v) is 4.20. The van der Waals surface area contributed by atoms with E-state index >= 15 is 0 Å². The standard InChI is InChI=1S/C18H22N4O/c1-14-10-11-19-18(21-14)22-12-6-5-9-16(22)13-20-17(23)15-7-3-2-4-8-15/h2-4,7-8,10-11,16H,5-6,9,12-13H2,1H3,(H,20,23). The van der Waals surface area contributed by atoms with Gasteiger partial charge in [0.1, 0.15) is 0 Å². The van der Waals surface area contributed by atoms with Crippen LogP contribution in [0.1, 0.15) is 35.3 Å². The molecule has 5 heteroatoms. The van der Waals surface area contributed by atoms with Gasteiger partial charge in [0, 0.05) is 36.6 Å². The predicted molar refractivity (Wildman–Crippen MR) is 90.5 cm³/mol. The van der Waals surface area contributed by atoms with E-state index in [0.717, 1.165) is 31.0 Å². The highest BCUT2D eigenvalue weighted by molar-refractivity contribution is 5.94. The van der Waals surface area contributed by atoms with Crippen molar-refractivity contribution in [2.45, 2.75) is 32.2 Å². The van der Waals surface area contributed by atoms with Gasteiger partial charge in [-0.15, -0.1) is 0 Å². The molecule has 1 aromatic heterocycles. The molecule has 1 fully saturated rings. The number of carbonyl (C=O) groups excluding carboxylic acids is 1. The van der Waals surface area contributed by atoms with E-state index in [4.69, 9.17) is 0 Å². The first-order chi connectivity index (χ1) is 11.2. The summed E-state index contributed by atoms with van der Waals surface area (Å²) in [6, 6.07) is 11.5.